The van der Waals surface area contributed by atoms with Crippen LogP contribution in [0.5, 0.6) is 0 Å². The quantitative estimate of drug-likeness (QED) is 0.848. The van der Waals surface area contributed by atoms with E-state index in [4.69, 9.17) is 5.73 Å². The SMILES string of the molecule is CCCc1nc(N)c(C)c(Sc2cccc(Br)c2)n1. The van der Waals surface area contributed by atoms with Crippen LogP contribution in [0, 0.1) is 6.92 Å². The Balaban J connectivity index is 2.33. The van der Waals surface area contributed by atoms with Crippen LogP contribution in [0.25, 0.3) is 0 Å². The molecule has 0 aliphatic carbocycles. The van der Waals surface area contributed by atoms with Crippen LogP contribution in [-0.2, 0) is 6.42 Å². The number of nitrogen functional groups attached to an aromatic ring is 1. The fraction of sp³-hybridized carbons (Fsp3) is 0.286. The largest absolute Gasteiger partial charge is 0.383 e. The van der Waals surface area contributed by atoms with Crippen LogP contribution in [0.4, 0.5) is 5.82 Å². The van der Waals surface area contributed by atoms with Gasteiger partial charge in [0, 0.05) is 21.4 Å². The first-order valence-electron chi connectivity index (χ1n) is 6.16. The lowest BCUT2D eigenvalue weighted by Crippen LogP contribution is -2.04. The van der Waals surface area contributed by atoms with E-state index in [1.165, 1.54) is 0 Å². The highest BCUT2D eigenvalue weighted by Gasteiger charge is 2.10. The van der Waals surface area contributed by atoms with Gasteiger partial charge in [-0.2, -0.15) is 0 Å². The molecule has 2 rings (SSSR count). The number of nitrogens with two attached hydrogens (primary N) is 1. The van der Waals surface area contributed by atoms with Gasteiger partial charge in [-0.05, 0) is 31.5 Å². The second-order valence-electron chi connectivity index (χ2n) is 4.26. The molecule has 1 aromatic heterocycles. The van der Waals surface area contributed by atoms with Crippen molar-refractivity contribution >= 4 is 33.5 Å². The van der Waals surface area contributed by atoms with Crippen LogP contribution >= 0.6 is 27.7 Å². The Kier molecular flexibility index (Phi) is 4.82. The molecule has 1 aromatic carbocycles. The van der Waals surface area contributed by atoms with Crippen molar-refractivity contribution < 1.29 is 0 Å². The molecule has 0 fully saturated rings. The number of aryl methyl sites for hydroxylation is 1. The van der Waals surface area contributed by atoms with E-state index in [1.807, 2.05) is 19.1 Å². The van der Waals surface area contributed by atoms with Gasteiger partial charge >= 0.3 is 0 Å². The molecule has 19 heavy (non-hydrogen) atoms. The number of hydrogen-bond acceptors (Lipinski definition) is 4. The molecule has 3 nitrogen and oxygen atoms in total. The van der Waals surface area contributed by atoms with E-state index in [2.05, 4.69) is 45.0 Å². The van der Waals surface area contributed by atoms with Gasteiger partial charge in [-0.25, -0.2) is 9.97 Å². The molecule has 0 saturated carbocycles. The Morgan fingerprint density at radius 1 is 1.32 bits per heavy atom. The molecule has 0 radical (unpaired) electrons. The van der Waals surface area contributed by atoms with Crippen molar-refractivity contribution in [2.45, 2.75) is 36.6 Å². The van der Waals surface area contributed by atoms with Gasteiger partial charge in [0.2, 0.25) is 0 Å². The fourth-order valence-corrected chi connectivity index (χ4v) is 3.15. The Morgan fingerprint density at radius 2 is 2.11 bits per heavy atom. The Hall–Kier alpha value is -1.07. The van der Waals surface area contributed by atoms with E-state index in [0.717, 1.165) is 38.6 Å². The number of hydrogen-bond donors (Lipinski definition) is 1. The van der Waals surface area contributed by atoms with Crippen molar-refractivity contribution in [1.82, 2.24) is 9.97 Å². The Bertz CT molecular complexity index is 587. The first-order valence-corrected chi connectivity index (χ1v) is 7.77. The van der Waals surface area contributed by atoms with Gasteiger partial charge in [0.05, 0.1) is 0 Å². The maximum absolute atomic E-state index is 5.96. The summed E-state index contributed by atoms with van der Waals surface area (Å²) in [6.07, 6.45) is 1.88. The number of anilines is 1. The average molecular weight is 338 g/mol. The third-order valence-electron chi connectivity index (χ3n) is 2.67. The molecule has 5 heteroatoms. The molecule has 0 aliphatic rings. The molecule has 1 heterocycles. The second-order valence-corrected chi connectivity index (χ2v) is 6.24. The number of halogens is 1. The lowest BCUT2D eigenvalue weighted by atomic mass is 10.3. The summed E-state index contributed by atoms with van der Waals surface area (Å²) in [4.78, 5) is 10.1. The van der Waals surface area contributed by atoms with Gasteiger partial charge in [-0.3, -0.25) is 0 Å². The van der Waals surface area contributed by atoms with E-state index in [-0.39, 0.29) is 0 Å². The third-order valence-corrected chi connectivity index (χ3v) is 4.24. The third kappa shape index (κ3) is 3.70. The first kappa shape index (κ1) is 14.3. The van der Waals surface area contributed by atoms with Crippen molar-refractivity contribution in [1.29, 1.82) is 0 Å². The predicted octanol–water partition coefficient (Wildman–Crippen LogP) is 4.23. The molecule has 0 bridgehead atoms. The van der Waals surface area contributed by atoms with Crippen LogP contribution in [0.3, 0.4) is 0 Å². The Labute approximate surface area is 126 Å². The van der Waals surface area contributed by atoms with Crippen molar-refractivity contribution in [2.75, 3.05) is 5.73 Å². The lowest BCUT2D eigenvalue weighted by molar-refractivity contribution is 0.805. The number of nitrogens with zero attached hydrogens (tertiary/aromatic N) is 2. The summed E-state index contributed by atoms with van der Waals surface area (Å²) in [5, 5.41) is 0.939. The minimum Gasteiger partial charge on any atom is -0.383 e. The van der Waals surface area contributed by atoms with Crippen molar-refractivity contribution in [3.8, 4) is 0 Å². The molecule has 0 atom stereocenters. The lowest BCUT2D eigenvalue weighted by Gasteiger charge is -2.09. The maximum Gasteiger partial charge on any atom is 0.132 e. The van der Waals surface area contributed by atoms with Crippen LogP contribution < -0.4 is 5.73 Å². The number of benzene rings is 1. The van der Waals surface area contributed by atoms with Gasteiger partial charge in [0.25, 0.3) is 0 Å². The molecule has 2 aromatic rings. The maximum atomic E-state index is 5.96. The molecule has 0 spiro atoms. The zero-order chi connectivity index (χ0) is 13.8. The standard InChI is InChI=1S/C14H16BrN3S/c1-3-5-12-17-13(16)9(2)14(18-12)19-11-7-4-6-10(15)8-11/h4,6-8H,3,5H2,1-2H3,(H2,16,17,18). The van der Waals surface area contributed by atoms with E-state index in [1.54, 1.807) is 11.8 Å². The van der Waals surface area contributed by atoms with Crippen LogP contribution in [0.15, 0.2) is 38.7 Å². The van der Waals surface area contributed by atoms with Crippen LogP contribution in [-0.4, -0.2) is 9.97 Å². The summed E-state index contributed by atoms with van der Waals surface area (Å²) < 4.78 is 1.06. The van der Waals surface area contributed by atoms with Gasteiger partial charge in [-0.15, -0.1) is 0 Å². The van der Waals surface area contributed by atoms with Crippen molar-refractivity contribution in [3.05, 3.63) is 40.1 Å². The van der Waals surface area contributed by atoms with E-state index in [9.17, 15) is 0 Å². The normalized spacial score (nSPS) is 10.7. The van der Waals surface area contributed by atoms with E-state index in [0.29, 0.717) is 5.82 Å². The molecule has 100 valence electrons. The summed E-state index contributed by atoms with van der Waals surface area (Å²) in [7, 11) is 0. The predicted molar refractivity (Wildman–Crippen MR) is 83.4 cm³/mol. The molecule has 0 amide bonds. The topological polar surface area (TPSA) is 51.8 Å². The summed E-state index contributed by atoms with van der Waals surface area (Å²) in [6, 6.07) is 8.15. The summed E-state index contributed by atoms with van der Waals surface area (Å²) >= 11 is 5.10. The van der Waals surface area contributed by atoms with Crippen molar-refractivity contribution in [3.63, 3.8) is 0 Å². The van der Waals surface area contributed by atoms with Crippen LogP contribution in [0.1, 0.15) is 24.7 Å². The zero-order valence-corrected chi connectivity index (χ0v) is 13.4. The van der Waals surface area contributed by atoms with E-state index < -0.39 is 0 Å². The van der Waals surface area contributed by atoms with Crippen molar-refractivity contribution in [2.24, 2.45) is 0 Å². The van der Waals surface area contributed by atoms with Gasteiger partial charge in [0.15, 0.2) is 0 Å². The molecule has 0 saturated heterocycles. The smallest absolute Gasteiger partial charge is 0.132 e. The second kappa shape index (κ2) is 6.39. The zero-order valence-electron chi connectivity index (χ0n) is 11.0. The highest BCUT2D eigenvalue weighted by molar-refractivity contribution is 9.10. The summed E-state index contributed by atoms with van der Waals surface area (Å²) in [5.74, 6) is 1.40. The minimum absolute atomic E-state index is 0.580. The fourth-order valence-electron chi connectivity index (χ4n) is 1.64. The highest BCUT2D eigenvalue weighted by atomic mass is 79.9. The van der Waals surface area contributed by atoms with E-state index >= 15 is 0 Å². The van der Waals surface area contributed by atoms with Crippen LogP contribution in [0.2, 0.25) is 0 Å². The summed E-state index contributed by atoms with van der Waals surface area (Å²) in [6.45, 7) is 4.08. The highest BCUT2D eigenvalue weighted by Crippen LogP contribution is 2.31. The van der Waals surface area contributed by atoms with Gasteiger partial charge in [0.1, 0.15) is 16.7 Å². The van der Waals surface area contributed by atoms with Gasteiger partial charge < -0.3 is 5.73 Å². The molecule has 0 aliphatic heterocycles. The number of aromatic nitrogens is 2. The number of rotatable bonds is 4. The molecular formula is C14H16BrN3S. The molecule has 0 unspecified atom stereocenters. The molecule has 2 N–H and O–H groups in total. The Morgan fingerprint density at radius 3 is 2.79 bits per heavy atom. The molecular weight excluding hydrogens is 322 g/mol. The van der Waals surface area contributed by atoms with Gasteiger partial charge in [-0.1, -0.05) is 40.7 Å². The minimum atomic E-state index is 0.580. The first-order chi connectivity index (χ1) is 9.10. The summed E-state index contributed by atoms with van der Waals surface area (Å²) in [5.41, 5.74) is 6.91. The average Bonchev–Trinajstić information content (AvgIpc) is 2.36. The monoisotopic (exact) mass is 337 g/mol.